The van der Waals surface area contributed by atoms with Gasteiger partial charge in [0.2, 0.25) is 5.96 Å². The molecule has 1 aliphatic carbocycles. The topological polar surface area (TPSA) is 115 Å². The largest absolute Gasteiger partial charge is 0.506 e. The van der Waals surface area contributed by atoms with Crippen molar-refractivity contribution in [2.45, 2.75) is 25.4 Å². The smallest absolute Gasteiger partial charge is 0.232 e. The van der Waals surface area contributed by atoms with Crippen LogP contribution in [0.25, 0.3) is 0 Å². The average Bonchev–Trinajstić information content (AvgIpc) is 2.51. The summed E-state index contributed by atoms with van der Waals surface area (Å²) in [4.78, 5) is 0. The SMILES string of the molecule is C[C@@H]1C[C@@H](O)c2cc(N=NC(=N)N)c(O)cc21. The molecule has 2 atom stereocenters. The van der Waals surface area contributed by atoms with Gasteiger partial charge in [-0.15, -0.1) is 10.2 Å². The number of fused-ring (bicyclic) bond motifs is 1. The Morgan fingerprint density at radius 1 is 1.47 bits per heavy atom. The minimum Gasteiger partial charge on any atom is -0.506 e. The lowest BCUT2D eigenvalue weighted by molar-refractivity contribution is 0.174. The van der Waals surface area contributed by atoms with Crippen LogP contribution in [-0.2, 0) is 0 Å². The highest BCUT2D eigenvalue weighted by Gasteiger charge is 2.28. The molecule has 17 heavy (non-hydrogen) atoms. The van der Waals surface area contributed by atoms with Crippen LogP contribution >= 0.6 is 0 Å². The van der Waals surface area contributed by atoms with E-state index in [1.807, 2.05) is 6.92 Å². The lowest BCUT2D eigenvalue weighted by Crippen LogP contribution is -2.03. The summed E-state index contributed by atoms with van der Waals surface area (Å²) in [5.74, 6) is -0.238. The first-order valence-corrected chi connectivity index (χ1v) is 5.29. The Labute approximate surface area is 98.3 Å². The number of nitrogens with zero attached hydrogens (tertiary/aromatic N) is 2. The van der Waals surface area contributed by atoms with Gasteiger partial charge in [-0.3, -0.25) is 5.41 Å². The third-order valence-electron chi connectivity index (χ3n) is 2.91. The van der Waals surface area contributed by atoms with Gasteiger partial charge in [0.05, 0.1) is 6.10 Å². The molecular weight excluding hydrogens is 220 g/mol. The normalized spacial score (nSPS) is 22.9. The quantitative estimate of drug-likeness (QED) is 0.338. The Morgan fingerprint density at radius 3 is 2.82 bits per heavy atom. The fourth-order valence-corrected chi connectivity index (χ4v) is 2.10. The average molecular weight is 234 g/mol. The highest BCUT2D eigenvalue weighted by atomic mass is 16.3. The maximum Gasteiger partial charge on any atom is 0.232 e. The molecule has 0 heterocycles. The van der Waals surface area contributed by atoms with Gasteiger partial charge in [0.1, 0.15) is 11.4 Å². The van der Waals surface area contributed by atoms with Gasteiger partial charge in [-0.05, 0) is 35.6 Å². The summed E-state index contributed by atoms with van der Waals surface area (Å²) < 4.78 is 0. The van der Waals surface area contributed by atoms with Crippen LogP contribution in [0.4, 0.5) is 5.69 Å². The number of rotatable bonds is 1. The van der Waals surface area contributed by atoms with E-state index in [4.69, 9.17) is 11.1 Å². The third kappa shape index (κ3) is 2.12. The van der Waals surface area contributed by atoms with Gasteiger partial charge in [0.25, 0.3) is 0 Å². The number of nitrogens with one attached hydrogen (secondary N) is 1. The van der Waals surface area contributed by atoms with Gasteiger partial charge in [-0.2, -0.15) is 0 Å². The van der Waals surface area contributed by atoms with Gasteiger partial charge in [0.15, 0.2) is 0 Å². The fraction of sp³-hybridized carbons (Fsp3) is 0.364. The zero-order chi connectivity index (χ0) is 12.6. The molecule has 0 amide bonds. The number of benzene rings is 1. The lowest BCUT2D eigenvalue weighted by atomic mass is 10.0. The van der Waals surface area contributed by atoms with Gasteiger partial charge in [-0.25, -0.2) is 0 Å². The zero-order valence-corrected chi connectivity index (χ0v) is 9.38. The molecule has 6 heteroatoms. The standard InChI is InChI=1S/C11H14N4O2/c1-5-2-9(16)7-3-8(14-15-11(12)13)10(17)4-6(5)7/h3-5,9,16-17H,2H2,1H3,(H3,12,13)/t5-,9-/m1/s1. The van der Waals surface area contributed by atoms with Crippen molar-refractivity contribution in [1.29, 1.82) is 5.41 Å². The second-order valence-corrected chi connectivity index (χ2v) is 4.21. The molecule has 0 spiro atoms. The number of nitrogens with two attached hydrogens (primary N) is 1. The van der Waals surface area contributed by atoms with Crippen molar-refractivity contribution in [3.05, 3.63) is 23.3 Å². The molecule has 6 nitrogen and oxygen atoms in total. The number of phenols is 1. The molecule has 0 saturated heterocycles. The van der Waals surface area contributed by atoms with Crippen molar-refractivity contribution in [3.63, 3.8) is 0 Å². The molecule has 0 fully saturated rings. The minimum absolute atomic E-state index is 0.0188. The number of aliphatic hydroxyl groups excluding tert-OH is 1. The Hall–Kier alpha value is -1.95. The molecule has 1 aromatic rings. The summed E-state index contributed by atoms with van der Waals surface area (Å²) in [5.41, 5.74) is 6.94. The van der Waals surface area contributed by atoms with Crippen molar-refractivity contribution >= 4 is 11.6 Å². The van der Waals surface area contributed by atoms with Crippen LogP contribution in [0.1, 0.15) is 36.5 Å². The van der Waals surface area contributed by atoms with Crippen LogP contribution in [0.3, 0.4) is 0 Å². The molecule has 1 aromatic carbocycles. The molecule has 0 radical (unpaired) electrons. The fourth-order valence-electron chi connectivity index (χ4n) is 2.10. The molecule has 1 aliphatic rings. The number of phenolic OH excluding ortho intramolecular Hbond substituents is 1. The predicted molar refractivity (Wildman–Crippen MR) is 62.5 cm³/mol. The Bertz CT molecular complexity index is 498. The van der Waals surface area contributed by atoms with Crippen molar-refractivity contribution in [3.8, 4) is 5.75 Å². The third-order valence-corrected chi connectivity index (χ3v) is 2.91. The van der Waals surface area contributed by atoms with E-state index in [0.29, 0.717) is 6.42 Å². The van der Waals surface area contributed by atoms with Crippen molar-refractivity contribution < 1.29 is 10.2 Å². The van der Waals surface area contributed by atoms with E-state index in [9.17, 15) is 10.2 Å². The number of hydrogen-bond donors (Lipinski definition) is 4. The van der Waals surface area contributed by atoms with Gasteiger partial charge in [0, 0.05) is 0 Å². The van der Waals surface area contributed by atoms with Crippen LogP contribution in [0.5, 0.6) is 5.75 Å². The summed E-state index contributed by atoms with van der Waals surface area (Å²) in [5, 5.41) is 33.5. The van der Waals surface area contributed by atoms with Gasteiger partial charge < -0.3 is 15.9 Å². The van der Waals surface area contributed by atoms with Crippen molar-refractivity contribution in [1.82, 2.24) is 0 Å². The number of guanidine groups is 1. The first-order chi connectivity index (χ1) is 7.99. The Kier molecular flexibility index (Phi) is 2.81. The summed E-state index contributed by atoms with van der Waals surface area (Å²) >= 11 is 0. The molecule has 5 N–H and O–H groups in total. The van der Waals surface area contributed by atoms with Crippen LogP contribution in [0.15, 0.2) is 22.4 Å². The summed E-state index contributed by atoms with van der Waals surface area (Å²) in [6.07, 6.45) is 0.106. The zero-order valence-electron chi connectivity index (χ0n) is 9.38. The lowest BCUT2D eigenvalue weighted by Gasteiger charge is -2.07. The molecular formula is C11H14N4O2. The molecule has 0 bridgehead atoms. The van der Waals surface area contributed by atoms with E-state index in [1.54, 1.807) is 12.1 Å². The maximum atomic E-state index is 9.82. The van der Waals surface area contributed by atoms with Crippen LogP contribution in [-0.4, -0.2) is 16.2 Å². The molecule has 2 rings (SSSR count). The summed E-state index contributed by atoms with van der Waals surface area (Å²) in [6.45, 7) is 1.99. The minimum atomic E-state index is -0.535. The second-order valence-electron chi connectivity index (χ2n) is 4.21. The van der Waals surface area contributed by atoms with E-state index in [-0.39, 0.29) is 17.4 Å². The van der Waals surface area contributed by atoms with E-state index in [1.165, 1.54) is 0 Å². The Balaban J connectivity index is 2.44. The van der Waals surface area contributed by atoms with E-state index < -0.39 is 12.1 Å². The predicted octanol–water partition coefficient (Wildman–Crippen LogP) is 1.91. The highest BCUT2D eigenvalue weighted by molar-refractivity contribution is 5.75. The second kappa shape index (κ2) is 4.14. The van der Waals surface area contributed by atoms with Crippen LogP contribution in [0.2, 0.25) is 0 Å². The number of aromatic hydroxyl groups is 1. The molecule has 90 valence electrons. The van der Waals surface area contributed by atoms with Crippen LogP contribution < -0.4 is 5.73 Å². The number of hydrogen-bond acceptors (Lipinski definition) is 4. The van der Waals surface area contributed by atoms with Crippen molar-refractivity contribution in [2.24, 2.45) is 16.0 Å². The number of aliphatic hydroxyl groups is 1. The van der Waals surface area contributed by atoms with E-state index in [2.05, 4.69) is 10.2 Å². The van der Waals surface area contributed by atoms with Crippen LogP contribution in [0, 0.1) is 5.41 Å². The highest BCUT2D eigenvalue weighted by Crippen LogP contribution is 2.44. The molecule has 0 aliphatic heterocycles. The summed E-state index contributed by atoms with van der Waals surface area (Å²) in [6, 6.07) is 3.18. The van der Waals surface area contributed by atoms with Crippen molar-refractivity contribution in [2.75, 3.05) is 0 Å². The van der Waals surface area contributed by atoms with E-state index >= 15 is 0 Å². The van der Waals surface area contributed by atoms with Gasteiger partial charge >= 0.3 is 0 Å². The van der Waals surface area contributed by atoms with Gasteiger partial charge in [-0.1, -0.05) is 6.92 Å². The Morgan fingerprint density at radius 2 is 2.18 bits per heavy atom. The summed E-state index contributed by atoms with van der Waals surface area (Å²) in [7, 11) is 0. The van der Waals surface area contributed by atoms with E-state index in [0.717, 1.165) is 11.1 Å². The molecule has 0 unspecified atom stereocenters. The monoisotopic (exact) mass is 234 g/mol. The number of azo groups is 1. The first-order valence-electron chi connectivity index (χ1n) is 5.29. The molecule has 0 saturated carbocycles. The first kappa shape index (κ1) is 11.5. The molecule has 0 aromatic heterocycles. The maximum absolute atomic E-state index is 9.82.